The summed E-state index contributed by atoms with van der Waals surface area (Å²) in [6, 6.07) is 0. The Labute approximate surface area is 77.5 Å². The molecule has 4 nitrogen and oxygen atoms in total. The minimum atomic E-state index is -0.711. The smallest absolute Gasteiger partial charge is 0.162 e. The average Bonchev–Trinajstić information content (AvgIpc) is 2.69. The van der Waals surface area contributed by atoms with Crippen LogP contribution in [0.25, 0.3) is 0 Å². The van der Waals surface area contributed by atoms with Crippen LogP contribution in [-0.2, 0) is 9.53 Å². The Kier molecular flexibility index (Phi) is 2.14. The molecule has 4 heteroatoms. The fourth-order valence-electron chi connectivity index (χ4n) is 2.52. The molecule has 3 unspecified atom stereocenters. The molecule has 2 saturated heterocycles. The van der Waals surface area contributed by atoms with Crippen molar-refractivity contribution in [2.45, 2.75) is 12.0 Å². The van der Waals surface area contributed by atoms with Crippen molar-refractivity contribution >= 4 is 5.78 Å². The van der Waals surface area contributed by atoms with Gasteiger partial charge in [-0.05, 0) is 6.42 Å². The number of piperidine rings is 1. The van der Waals surface area contributed by atoms with Crippen molar-refractivity contribution in [2.24, 2.45) is 5.92 Å². The van der Waals surface area contributed by atoms with E-state index in [-0.39, 0.29) is 18.3 Å². The SMILES string of the molecule is COCC1(CO)C(=O)C2CCN1C2. The monoisotopic (exact) mass is 185 g/mol. The molecule has 2 heterocycles. The molecule has 3 atom stereocenters. The molecular formula is C9H15NO3. The largest absolute Gasteiger partial charge is 0.394 e. The molecule has 2 bridgehead atoms. The lowest BCUT2D eigenvalue weighted by Gasteiger charge is -2.35. The highest BCUT2D eigenvalue weighted by atomic mass is 16.5. The highest BCUT2D eigenvalue weighted by molar-refractivity contribution is 5.94. The molecule has 0 aliphatic carbocycles. The maximum absolute atomic E-state index is 11.8. The molecule has 74 valence electrons. The standard InChI is InChI=1S/C9H15NO3/c1-13-6-9(5-11)8(12)7-2-3-10(9)4-7/h7,11H,2-6H2,1H3. The van der Waals surface area contributed by atoms with Gasteiger partial charge in [0.05, 0.1) is 13.2 Å². The summed E-state index contributed by atoms with van der Waals surface area (Å²) in [5, 5.41) is 9.30. The van der Waals surface area contributed by atoms with Crippen molar-refractivity contribution < 1.29 is 14.6 Å². The number of fused-ring (bicyclic) bond motifs is 2. The van der Waals surface area contributed by atoms with Gasteiger partial charge in [0.25, 0.3) is 0 Å². The van der Waals surface area contributed by atoms with E-state index in [2.05, 4.69) is 4.90 Å². The van der Waals surface area contributed by atoms with Gasteiger partial charge >= 0.3 is 0 Å². The summed E-state index contributed by atoms with van der Waals surface area (Å²) >= 11 is 0. The zero-order valence-corrected chi connectivity index (χ0v) is 7.82. The van der Waals surface area contributed by atoms with Crippen LogP contribution in [0.1, 0.15) is 6.42 Å². The van der Waals surface area contributed by atoms with Crippen molar-refractivity contribution in [2.75, 3.05) is 33.4 Å². The lowest BCUT2D eigenvalue weighted by molar-refractivity contribution is -0.135. The summed E-state index contributed by atoms with van der Waals surface area (Å²) in [4.78, 5) is 13.9. The van der Waals surface area contributed by atoms with Gasteiger partial charge in [0, 0.05) is 26.1 Å². The van der Waals surface area contributed by atoms with Crippen LogP contribution in [0.4, 0.5) is 0 Å². The predicted molar refractivity (Wildman–Crippen MR) is 46.4 cm³/mol. The van der Waals surface area contributed by atoms with Gasteiger partial charge in [0.15, 0.2) is 5.78 Å². The number of nitrogens with zero attached hydrogens (tertiary/aromatic N) is 1. The highest BCUT2D eigenvalue weighted by Crippen LogP contribution is 2.37. The molecule has 13 heavy (non-hydrogen) atoms. The van der Waals surface area contributed by atoms with Crippen LogP contribution in [0.15, 0.2) is 0 Å². The maximum Gasteiger partial charge on any atom is 0.162 e. The van der Waals surface area contributed by atoms with E-state index in [0.29, 0.717) is 6.61 Å². The number of Topliss-reactive ketones (excluding diaryl/α,β-unsaturated/α-hetero) is 1. The quantitative estimate of drug-likeness (QED) is 0.629. The fourth-order valence-corrected chi connectivity index (χ4v) is 2.52. The third-order valence-electron chi connectivity index (χ3n) is 3.27. The van der Waals surface area contributed by atoms with Crippen LogP contribution in [0.2, 0.25) is 0 Å². The molecule has 2 rings (SSSR count). The highest BCUT2D eigenvalue weighted by Gasteiger charge is 2.56. The van der Waals surface area contributed by atoms with E-state index in [1.807, 2.05) is 0 Å². The van der Waals surface area contributed by atoms with Gasteiger partial charge in [-0.1, -0.05) is 0 Å². The number of carbonyl (C=O) groups excluding carboxylic acids is 1. The second-order valence-corrected chi connectivity index (χ2v) is 3.92. The third kappa shape index (κ3) is 1.06. The number of hydrogen-bond acceptors (Lipinski definition) is 4. The Morgan fingerprint density at radius 3 is 3.00 bits per heavy atom. The number of methoxy groups -OCH3 is 1. The zero-order valence-electron chi connectivity index (χ0n) is 7.82. The lowest BCUT2D eigenvalue weighted by Crippen LogP contribution is -2.57. The number of carbonyl (C=O) groups is 1. The summed E-state index contributed by atoms with van der Waals surface area (Å²) in [5.74, 6) is 0.311. The number of rotatable bonds is 3. The summed E-state index contributed by atoms with van der Waals surface area (Å²) < 4.78 is 5.02. The first-order valence-electron chi connectivity index (χ1n) is 4.64. The molecule has 2 aliphatic heterocycles. The van der Waals surface area contributed by atoms with Crippen molar-refractivity contribution in [3.05, 3.63) is 0 Å². The van der Waals surface area contributed by atoms with Gasteiger partial charge in [-0.25, -0.2) is 0 Å². The molecule has 1 N–H and O–H groups in total. The van der Waals surface area contributed by atoms with Gasteiger partial charge in [-0.2, -0.15) is 0 Å². The normalized spacial score (nSPS) is 43.1. The number of aliphatic hydroxyl groups excluding tert-OH is 1. The Hall–Kier alpha value is -0.450. The van der Waals surface area contributed by atoms with Crippen molar-refractivity contribution in [3.8, 4) is 0 Å². The van der Waals surface area contributed by atoms with Gasteiger partial charge in [-0.15, -0.1) is 0 Å². The molecular weight excluding hydrogens is 170 g/mol. The Bertz CT molecular complexity index is 231. The van der Waals surface area contributed by atoms with Crippen LogP contribution in [0.3, 0.4) is 0 Å². The molecule has 0 amide bonds. The number of ether oxygens (including phenoxy) is 1. The number of hydrogen-bond donors (Lipinski definition) is 1. The molecule has 2 aliphatic rings. The average molecular weight is 185 g/mol. The zero-order chi connectivity index (χ0) is 9.47. The molecule has 0 saturated carbocycles. The van der Waals surface area contributed by atoms with E-state index >= 15 is 0 Å². The second-order valence-electron chi connectivity index (χ2n) is 3.92. The van der Waals surface area contributed by atoms with Gasteiger partial charge in [0.2, 0.25) is 0 Å². The van der Waals surface area contributed by atoms with Gasteiger partial charge < -0.3 is 9.84 Å². The minimum Gasteiger partial charge on any atom is -0.394 e. The first-order valence-corrected chi connectivity index (χ1v) is 4.64. The van der Waals surface area contributed by atoms with E-state index in [1.54, 1.807) is 7.11 Å². The molecule has 2 fully saturated rings. The van der Waals surface area contributed by atoms with Crippen LogP contribution < -0.4 is 0 Å². The number of aliphatic hydroxyl groups is 1. The van der Waals surface area contributed by atoms with E-state index in [1.165, 1.54) is 0 Å². The Morgan fingerprint density at radius 1 is 1.77 bits per heavy atom. The Morgan fingerprint density at radius 2 is 2.54 bits per heavy atom. The fraction of sp³-hybridized carbons (Fsp3) is 0.889. The van der Waals surface area contributed by atoms with Crippen molar-refractivity contribution in [1.82, 2.24) is 4.90 Å². The number of ketones is 1. The summed E-state index contributed by atoms with van der Waals surface area (Å²) in [7, 11) is 1.57. The lowest BCUT2D eigenvalue weighted by atomic mass is 9.87. The van der Waals surface area contributed by atoms with Crippen LogP contribution in [-0.4, -0.2) is 54.7 Å². The maximum atomic E-state index is 11.8. The van der Waals surface area contributed by atoms with E-state index in [9.17, 15) is 9.90 Å². The molecule has 0 aromatic carbocycles. The summed E-state index contributed by atoms with van der Waals surface area (Å²) in [5.41, 5.74) is -0.711. The molecule has 0 aromatic heterocycles. The van der Waals surface area contributed by atoms with Crippen LogP contribution >= 0.6 is 0 Å². The topological polar surface area (TPSA) is 49.8 Å². The first kappa shape index (κ1) is 9.12. The van der Waals surface area contributed by atoms with E-state index in [4.69, 9.17) is 4.74 Å². The minimum absolute atomic E-state index is 0.115. The second kappa shape index (κ2) is 3.04. The summed E-state index contributed by atoms with van der Waals surface area (Å²) in [6.45, 7) is 1.93. The van der Waals surface area contributed by atoms with Crippen molar-refractivity contribution in [1.29, 1.82) is 0 Å². The Balaban J connectivity index is 2.24. The third-order valence-corrected chi connectivity index (χ3v) is 3.27. The van der Waals surface area contributed by atoms with E-state index < -0.39 is 5.54 Å². The molecule has 0 radical (unpaired) electrons. The summed E-state index contributed by atoms with van der Waals surface area (Å²) in [6.07, 6.45) is 0.949. The van der Waals surface area contributed by atoms with Gasteiger partial charge in [0.1, 0.15) is 5.54 Å². The first-order chi connectivity index (χ1) is 6.24. The van der Waals surface area contributed by atoms with Crippen LogP contribution in [0.5, 0.6) is 0 Å². The molecule has 0 aromatic rings. The van der Waals surface area contributed by atoms with E-state index in [0.717, 1.165) is 19.5 Å². The van der Waals surface area contributed by atoms with Crippen molar-refractivity contribution in [3.63, 3.8) is 0 Å². The predicted octanol–water partition coefficient (Wildman–Crippen LogP) is -0.731. The van der Waals surface area contributed by atoms with Gasteiger partial charge in [-0.3, -0.25) is 9.69 Å². The molecule has 0 spiro atoms. The van der Waals surface area contributed by atoms with Crippen LogP contribution in [0, 0.1) is 5.92 Å².